The van der Waals surface area contributed by atoms with Crippen LogP contribution in [0.4, 0.5) is 0 Å². The van der Waals surface area contributed by atoms with Gasteiger partial charge < -0.3 is 0 Å². The summed E-state index contributed by atoms with van der Waals surface area (Å²) in [5.74, 6) is 0. The average molecular weight is 200 g/mol. The zero-order valence-corrected chi connectivity index (χ0v) is 9.59. The van der Waals surface area contributed by atoms with Crippen molar-refractivity contribution in [1.29, 1.82) is 10.5 Å². The standard InChI is InChI=1S/C13H16N2/c1-10-4-5-13(2,3)7-11(6-10)12(8-14)9-15/h6H,4-5,7H2,1-3H3. The van der Waals surface area contributed by atoms with E-state index in [4.69, 9.17) is 10.5 Å². The van der Waals surface area contributed by atoms with Crippen LogP contribution in [0.3, 0.4) is 0 Å². The molecule has 0 amide bonds. The number of nitrogens with zero attached hydrogens (tertiary/aromatic N) is 2. The normalized spacial score (nSPS) is 19.5. The summed E-state index contributed by atoms with van der Waals surface area (Å²) in [6, 6.07) is 3.96. The highest BCUT2D eigenvalue weighted by molar-refractivity contribution is 5.46. The molecule has 1 aliphatic carbocycles. The molecule has 0 aromatic rings. The Kier molecular flexibility index (Phi) is 3.32. The third-order valence-electron chi connectivity index (χ3n) is 2.83. The molecule has 2 nitrogen and oxygen atoms in total. The van der Waals surface area contributed by atoms with Gasteiger partial charge >= 0.3 is 0 Å². The molecule has 0 unspecified atom stereocenters. The fraction of sp³-hybridized carbons (Fsp3) is 0.538. The first-order valence-corrected chi connectivity index (χ1v) is 5.19. The fourth-order valence-electron chi connectivity index (χ4n) is 1.89. The quantitative estimate of drug-likeness (QED) is 0.562. The molecule has 1 rings (SSSR count). The topological polar surface area (TPSA) is 47.6 Å². The Labute approximate surface area is 91.5 Å². The summed E-state index contributed by atoms with van der Waals surface area (Å²) in [6.45, 7) is 6.44. The van der Waals surface area contributed by atoms with Crippen LogP contribution in [0.15, 0.2) is 22.8 Å². The lowest BCUT2D eigenvalue weighted by atomic mass is 9.82. The predicted molar refractivity (Wildman–Crippen MR) is 59.6 cm³/mol. The van der Waals surface area contributed by atoms with Crippen molar-refractivity contribution in [2.24, 2.45) is 5.41 Å². The van der Waals surface area contributed by atoms with E-state index >= 15 is 0 Å². The third-order valence-corrected chi connectivity index (χ3v) is 2.83. The van der Waals surface area contributed by atoms with Crippen LogP contribution in [0.25, 0.3) is 0 Å². The summed E-state index contributed by atoms with van der Waals surface area (Å²) >= 11 is 0. The van der Waals surface area contributed by atoms with E-state index in [1.807, 2.05) is 18.2 Å². The van der Waals surface area contributed by atoms with Crippen molar-refractivity contribution < 1.29 is 0 Å². The predicted octanol–water partition coefficient (Wildman–Crippen LogP) is 3.49. The average Bonchev–Trinajstić information content (AvgIpc) is 2.28. The van der Waals surface area contributed by atoms with Crippen LogP contribution in [0, 0.1) is 28.1 Å². The second-order valence-electron chi connectivity index (χ2n) is 4.96. The van der Waals surface area contributed by atoms with Crippen molar-refractivity contribution in [3.05, 3.63) is 22.8 Å². The fourth-order valence-corrected chi connectivity index (χ4v) is 1.89. The van der Waals surface area contributed by atoms with Crippen LogP contribution in [-0.4, -0.2) is 0 Å². The molecule has 0 aromatic heterocycles. The molecule has 2 heteroatoms. The molecule has 0 radical (unpaired) electrons. The lowest BCUT2D eigenvalue weighted by Gasteiger charge is -2.22. The maximum Gasteiger partial charge on any atom is 0.132 e. The maximum absolute atomic E-state index is 8.87. The van der Waals surface area contributed by atoms with Crippen LogP contribution in [0.5, 0.6) is 0 Å². The molecule has 0 aromatic carbocycles. The molecule has 0 saturated carbocycles. The maximum atomic E-state index is 8.87. The van der Waals surface area contributed by atoms with Gasteiger partial charge in [0.15, 0.2) is 0 Å². The van der Waals surface area contributed by atoms with Gasteiger partial charge in [0.1, 0.15) is 17.7 Å². The van der Waals surface area contributed by atoms with Gasteiger partial charge in [-0.15, -0.1) is 0 Å². The molecule has 1 aliphatic rings. The van der Waals surface area contributed by atoms with Crippen LogP contribution < -0.4 is 0 Å². The molecule has 0 heterocycles. The summed E-state index contributed by atoms with van der Waals surface area (Å²) in [7, 11) is 0. The Morgan fingerprint density at radius 1 is 1.33 bits per heavy atom. The minimum absolute atomic E-state index is 0.183. The van der Waals surface area contributed by atoms with Gasteiger partial charge in [-0.25, -0.2) is 0 Å². The highest BCUT2D eigenvalue weighted by Gasteiger charge is 2.23. The van der Waals surface area contributed by atoms with Crippen molar-refractivity contribution >= 4 is 0 Å². The highest BCUT2D eigenvalue weighted by Crippen LogP contribution is 2.36. The van der Waals surface area contributed by atoms with Gasteiger partial charge in [-0.05, 0) is 37.2 Å². The van der Waals surface area contributed by atoms with E-state index < -0.39 is 0 Å². The van der Waals surface area contributed by atoms with E-state index in [9.17, 15) is 0 Å². The number of rotatable bonds is 0. The van der Waals surface area contributed by atoms with Crippen LogP contribution in [0.2, 0.25) is 0 Å². The molecule has 0 N–H and O–H groups in total. The molecule has 0 fully saturated rings. The molecular weight excluding hydrogens is 184 g/mol. The minimum Gasteiger partial charge on any atom is -0.192 e. The summed E-state index contributed by atoms with van der Waals surface area (Å²) in [4.78, 5) is 0. The minimum atomic E-state index is 0.183. The van der Waals surface area contributed by atoms with E-state index in [1.54, 1.807) is 0 Å². The Hall–Kier alpha value is -1.54. The van der Waals surface area contributed by atoms with Crippen molar-refractivity contribution in [2.75, 3.05) is 0 Å². The SMILES string of the molecule is CC1=CC(=C(C#N)C#N)CC(C)(C)CC1. The first-order valence-electron chi connectivity index (χ1n) is 5.19. The Morgan fingerprint density at radius 2 is 1.93 bits per heavy atom. The van der Waals surface area contributed by atoms with E-state index in [-0.39, 0.29) is 11.0 Å². The molecule has 0 saturated heterocycles. The van der Waals surface area contributed by atoms with E-state index in [0.717, 1.165) is 24.8 Å². The smallest absolute Gasteiger partial charge is 0.132 e. The summed E-state index contributed by atoms with van der Waals surface area (Å²) in [6.07, 6.45) is 5.00. The Bertz CT molecular complexity index is 381. The van der Waals surface area contributed by atoms with Gasteiger partial charge in [0.05, 0.1) is 0 Å². The Morgan fingerprint density at radius 3 is 2.47 bits per heavy atom. The first-order chi connectivity index (χ1) is 6.98. The first kappa shape index (κ1) is 11.5. The van der Waals surface area contributed by atoms with Crippen molar-refractivity contribution in [1.82, 2.24) is 0 Å². The highest BCUT2D eigenvalue weighted by atomic mass is 14.3. The third kappa shape index (κ3) is 2.96. The van der Waals surface area contributed by atoms with E-state index in [0.29, 0.717) is 0 Å². The number of allylic oxidation sites excluding steroid dienone is 4. The molecule has 15 heavy (non-hydrogen) atoms. The van der Waals surface area contributed by atoms with Crippen LogP contribution >= 0.6 is 0 Å². The van der Waals surface area contributed by atoms with Crippen molar-refractivity contribution in [3.8, 4) is 12.1 Å². The number of hydrogen-bond donors (Lipinski definition) is 0. The molecule has 0 bridgehead atoms. The van der Waals surface area contributed by atoms with Gasteiger partial charge in [-0.1, -0.05) is 25.5 Å². The molecular formula is C13H16N2. The van der Waals surface area contributed by atoms with E-state index in [2.05, 4.69) is 20.8 Å². The second kappa shape index (κ2) is 4.32. The lowest BCUT2D eigenvalue weighted by molar-refractivity contribution is 0.339. The largest absolute Gasteiger partial charge is 0.192 e. The van der Waals surface area contributed by atoms with Gasteiger partial charge in [0.2, 0.25) is 0 Å². The van der Waals surface area contributed by atoms with Gasteiger partial charge in [0, 0.05) is 0 Å². The number of nitriles is 2. The zero-order chi connectivity index (χ0) is 11.5. The van der Waals surface area contributed by atoms with Gasteiger partial charge in [-0.2, -0.15) is 10.5 Å². The molecule has 78 valence electrons. The van der Waals surface area contributed by atoms with Crippen LogP contribution in [-0.2, 0) is 0 Å². The summed E-state index contributed by atoms with van der Waals surface area (Å²) in [5, 5.41) is 17.7. The van der Waals surface area contributed by atoms with Gasteiger partial charge in [-0.3, -0.25) is 0 Å². The molecule has 0 spiro atoms. The number of hydrogen-bond acceptors (Lipinski definition) is 2. The van der Waals surface area contributed by atoms with Crippen LogP contribution in [0.1, 0.15) is 40.0 Å². The lowest BCUT2D eigenvalue weighted by Crippen LogP contribution is -2.10. The Balaban J connectivity index is 3.18. The molecule has 0 aliphatic heterocycles. The van der Waals surface area contributed by atoms with E-state index in [1.165, 1.54) is 5.57 Å². The van der Waals surface area contributed by atoms with Gasteiger partial charge in [0.25, 0.3) is 0 Å². The summed E-state index contributed by atoms with van der Waals surface area (Å²) < 4.78 is 0. The summed E-state index contributed by atoms with van der Waals surface area (Å²) in [5.41, 5.74) is 2.62. The monoisotopic (exact) mass is 200 g/mol. The molecule has 0 atom stereocenters. The van der Waals surface area contributed by atoms with Crippen molar-refractivity contribution in [3.63, 3.8) is 0 Å². The van der Waals surface area contributed by atoms with Crippen molar-refractivity contribution in [2.45, 2.75) is 40.0 Å². The zero-order valence-electron chi connectivity index (χ0n) is 9.59. The second-order valence-corrected chi connectivity index (χ2v) is 4.96.